The Hall–Kier alpha value is -1.91. The van der Waals surface area contributed by atoms with E-state index in [4.69, 9.17) is 0 Å². The van der Waals surface area contributed by atoms with E-state index in [2.05, 4.69) is 0 Å². The van der Waals surface area contributed by atoms with Crippen LogP contribution in [0.5, 0.6) is 0 Å². The number of hydrogen-bond donors (Lipinski definition) is 0. The highest BCUT2D eigenvalue weighted by molar-refractivity contribution is 6.14. The molecule has 0 aliphatic carbocycles. The molecule has 0 saturated carbocycles. The van der Waals surface area contributed by atoms with Crippen molar-refractivity contribution in [2.75, 3.05) is 5.01 Å². The number of aryl methyl sites for hydroxylation is 1. The van der Waals surface area contributed by atoms with Gasteiger partial charge in [-0.3, -0.25) is 19.1 Å². The van der Waals surface area contributed by atoms with Crippen LogP contribution in [-0.4, -0.2) is 22.8 Å². The Labute approximate surface area is 92.6 Å². The predicted octanol–water partition coefficient (Wildman–Crippen LogP) is 0.702. The van der Waals surface area contributed by atoms with Crippen LogP contribution in [0.15, 0.2) is 6.07 Å². The summed E-state index contributed by atoms with van der Waals surface area (Å²) in [4.78, 5) is 33.9. The van der Waals surface area contributed by atoms with Crippen LogP contribution in [-0.2, 0) is 9.59 Å². The fourth-order valence-corrected chi connectivity index (χ4v) is 1.99. The van der Waals surface area contributed by atoms with Crippen molar-refractivity contribution in [3.05, 3.63) is 23.0 Å². The van der Waals surface area contributed by atoms with Crippen LogP contribution in [0.3, 0.4) is 0 Å². The Kier molecular flexibility index (Phi) is 2.38. The summed E-state index contributed by atoms with van der Waals surface area (Å²) in [7, 11) is 0. The molecule has 0 bridgehead atoms. The van der Waals surface area contributed by atoms with E-state index in [9.17, 15) is 14.4 Å². The second kappa shape index (κ2) is 3.59. The number of carbonyl (C=O) groups excluding carboxylic acids is 3. The standard InChI is InChI=1S/C11H12N2O3/c1-7-5-9(6-14)8(2)12(7)13-10(15)3-4-11(13)16/h5-6H,3-4H2,1-2H3. The van der Waals surface area contributed by atoms with Gasteiger partial charge in [0.15, 0.2) is 6.29 Å². The van der Waals surface area contributed by atoms with Gasteiger partial charge in [-0.05, 0) is 19.9 Å². The van der Waals surface area contributed by atoms with E-state index >= 15 is 0 Å². The maximum absolute atomic E-state index is 11.6. The lowest BCUT2D eigenvalue weighted by Gasteiger charge is -2.19. The average Bonchev–Trinajstić information content (AvgIpc) is 2.70. The summed E-state index contributed by atoms with van der Waals surface area (Å²) in [5.74, 6) is -0.437. The molecule has 84 valence electrons. The van der Waals surface area contributed by atoms with Crippen molar-refractivity contribution >= 4 is 18.1 Å². The number of nitrogens with zero attached hydrogens (tertiary/aromatic N) is 2. The molecule has 1 fully saturated rings. The maximum atomic E-state index is 11.6. The maximum Gasteiger partial charge on any atom is 0.249 e. The van der Waals surface area contributed by atoms with E-state index in [1.165, 1.54) is 4.68 Å². The van der Waals surface area contributed by atoms with E-state index in [0.717, 1.165) is 11.3 Å². The second-order valence-corrected chi connectivity index (χ2v) is 3.86. The summed E-state index contributed by atoms with van der Waals surface area (Å²) in [5, 5.41) is 1.12. The Morgan fingerprint density at radius 3 is 2.19 bits per heavy atom. The molecule has 0 radical (unpaired) electrons. The first-order valence-corrected chi connectivity index (χ1v) is 5.06. The van der Waals surface area contributed by atoms with Gasteiger partial charge >= 0.3 is 0 Å². The summed E-state index contributed by atoms with van der Waals surface area (Å²) >= 11 is 0. The minimum atomic E-state index is -0.218. The highest BCUT2D eigenvalue weighted by Crippen LogP contribution is 2.18. The summed E-state index contributed by atoms with van der Waals surface area (Å²) in [6, 6.07) is 1.67. The van der Waals surface area contributed by atoms with Gasteiger partial charge in [-0.2, -0.15) is 5.01 Å². The number of rotatable bonds is 2. The Bertz CT molecular complexity index is 472. The van der Waals surface area contributed by atoms with Gasteiger partial charge in [-0.15, -0.1) is 0 Å². The van der Waals surface area contributed by atoms with E-state index in [1.807, 2.05) is 0 Å². The third kappa shape index (κ3) is 1.36. The Morgan fingerprint density at radius 2 is 1.75 bits per heavy atom. The number of aromatic nitrogens is 1. The molecule has 1 aliphatic heterocycles. The van der Waals surface area contributed by atoms with E-state index in [-0.39, 0.29) is 24.7 Å². The molecule has 5 nitrogen and oxygen atoms in total. The quantitative estimate of drug-likeness (QED) is 0.544. The highest BCUT2D eigenvalue weighted by atomic mass is 16.2. The van der Waals surface area contributed by atoms with Crippen molar-refractivity contribution in [3.8, 4) is 0 Å². The highest BCUT2D eigenvalue weighted by Gasteiger charge is 2.32. The molecule has 0 unspecified atom stereocenters. The largest absolute Gasteiger partial charge is 0.298 e. The van der Waals surface area contributed by atoms with Gasteiger partial charge in [0.25, 0.3) is 0 Å². The number of hydrogen-bond acceptors (Lipinski definition) is 3. The minimum Gasteiger partial charge on any atom is -0.298 e. The normalized spacial score (nSPS) is 16.0. The summed E-state index contributed by atoms with van der Waals surface area (Å²) < 4.78 is 1.52. The molecule has 2 heterocycles. The summed E-state index contributed by atoms with van der Waals surface area (Å²) in [6.07, 6.45) is 1.21. The van der Waals surface area contributed by atoms with Crippen molar-refractivity contribution in [1.82, 2.24) is 4.68 Å². The van der Waals surface area contributed by atoms with Crippen LogP contribution in [0, 0.1) is 13.8 Å². The van der Waals surface area contributed by atoms with E-state index in [1.54, 1.807) is 19.9 Å². The molecule has 1 aromatic heterocycles. The first kappa shape index (κ1) is 10.6. The van der Waals surface area contributed by atoms with Crippen LogP contribution in [0.4, 0.5) is 0 Å². The summed E-state index contributed by atoms with van der Waals surface area (Å²) in [6.45, 7) is 3.48. The zero-order valence-electron chi connectivity index (χ0n) is 9.19. The molecule has 1 saturated heterocycles. The van der Waals surface area contributed by atoms with Gasteiger partial charge < -0.3 is 0 Å². The molecule has 2 amide bonds. The van der Waals surface area contributed by atoms with Crippen LogP contribution in [0.1, 0.15) is 34.6 Å². The molecule has 0 spiro atoms. The lowest BCUT2D eigenvalue weighted by atomic mass is 10.3. The molecule has 1 aromatic rings. The molecule has 5 heteroatoms. The molecular formula is C11H12N2O3. The van der Waals surface area contributed by atoms with Gasteiger partial charge in [0.2, 0.25) is 11.8 Å². The fraction of sp³-hybridized carbons (Fsp3) is 0.364. The topological polar surface area (TPSA) is 59.4 Å². The molecular weight excluding hydrogens is 208 g/mol. The van der Waals surface area contributed by atoms with E-state index < -0.39 is 0 Å². The molecule has 16 heavy (non-hydrogen) atoms. The predicted molar refractivity (Wildman–Crippen MR) is 56.8 cm³/mol. The van der Waals surface area contributed by atoms with Crippen molar-refractivity contribution in [1.29, 1.82) is 0 Å². The average molecular weight is 220 g/mol. The minimum absolute atomic E-state index is 0.218. The first-order chi connectivity index (χ1) is 7.56. The van der Waals surface area contributed by atoms with Crippen LogP contribution >= 0.6 is 0 Å². The second-order valence-electron chi connectivity index (χ2n) is 3.86. The third-order valence-electron chi connectivity index (χ3n) is 2.79. The van der Waals surface area contributed by atoms with Crippen LogP contribution in [0.2, 0.25) is 0 Å². The van der Waals surface area contributed by atoms with Crippen LogP contribution < -0.4 is 5.01 Å². The zero-order valence-corrected chi connectivity index (χ0v) is 9.19. The summed E-state index contributed by atoms with van der Waals surface area (Å²) in [5.41, 5.74) is 1.84. The number of carbonyl (C=O) groups is 3. The Balaban J connectivity index is 2.55. The molecule has 1 aliphatic rings. The van der Waals surface area contributed by atoms with Crippen molar-refractivity contribution in [3.63, 3.8) is 0 Å². The number of amides is 2. The third-order valence-corrected chi connectivity index (χ3v) is 2.79. The monoisotopic (exact) mass is 220 g/mol. The molecule has 2 rings (SSSR count). The molecule has 0 aromatic carbocycles. The van der Waals surface area contributed by atoms with Gasteiger partial charge in [0.1, 0.15) is 0 Å². The SMILES string of the molecule is Cc1cc(C=O)c(C)n1N1C(=O)CCC1=O. The van der Waals surface area contributed by atoms with Crippen molar-refractivity contribution < 1.29 is 14.4 Å². The van der Waals surface area contributed by atoms with Crippen LogP contribution in [0.25, 0.3) is 0 Å². The van der Waals surface area contributed by atoms with E-state index in [0.29, 0.717) is 17.0 Å². The fourth-order valence-electron chi connectivity index (χ4n) is 1.99. The smallest absolute Gasteiger partial charge is 0.249 e. The van der Waals surface area contributed by atoms with Crippen molar-refractivity contribution in [2.24, 2.45) is 0 Å². The molecule has 0 N–H and O–H groups in total. The van der Waals surface area contributed by atoms with Gasteiger partial charge in [-0.25, -0.2) is 0 Å². The number of imide groups is 1. The molecule has 0 atom stereocenters. The first-order valence-electron chi connectivity index (χ1n) is 5.06. The van der Waals surface area contributed by atoms with Gasteiger partial charge in [0.05, 0.1) is 0 Å². The van der Waals surface area contributed by atoms with Crippen molar-refractivity contribution in [2.45, 2.75) is 26.7 Å². The Morgan fingerprint density at radius 1 is 1.19 bits per heavy atom. The zero-order chi connectivity index (χ0) is 11.9. The van der Waals surface area contributed by atoms with Gasteiger partial charge in [-0.1, -0.05) is 0 Å². The lowest BCUT2D eigenvalue weighted by Crippen LogP contribution is -2.40. The number of aldehydes is 1. The lowest BCUT2D eigenvalue weighted by molar-refractivity contribution is -0.123. The van der Waals surface area contributed by atoms with Gasteiger partial charge in [0, 0.05) is 29.8 Å².